The fourth-order valence-corrected chi connectivity index (χ4v) is 4.20. The number of fused-ring (bicyclic) bond motifs is 4. The Labute approximate surface area is 217 Å². The van der Waals surface area contributed by atoms with Crippen LogP contribution in [0.5, 0.6) is 0 Å². The number of benzene rings is 2. The Kier molecular flexibility index (Phi) is 7.18. The first-order valence-electron chi connectivity index (χ1n) is 11.7. The Morgan fingerprint density at radius 1 is 1.19 bits per heavy atom. The van der Waals surface area contributed by atoms with Gasteiger partial charge < -0.3 is 15.6 Å². The summed E-state index contributed by atoms with van der Waals surface area (Å²) in [4.78, 5) is 33.2. The van der Waals surface area contributed by atoms with Gasteiger partial charge in [0.1, 0.15) is 12.2 Å². The van der Waals surface area contributed by atoms with E-state index in [1.165, 1.54) is 17.1 Å². The maximum Gasteiger partial charge on any atom is 0.244 e. The summed E-state index contributed by atoms with van der Waals surface area (Å²) in [5, 5.41) is 17.8. The molecule has 2 aromatic carbocycles. The number of allylic oxidation sites excluding steroid dienone is 1. The van der Waals surface area contributed by atoms with Crippen LogP contribution in [-0.2, 0) is 9.59 Å². The average Bonchev–Trinajstić information content (AvgIpc) is 3.60. The molecule has 5 rings (SSSR count). The lowest BCUT2D eigenvalue weighted by atomic mass is 10.1. The molecule has 0 radical (unpaired) electrons. The standard InChI is InChI=1S/C26H23ClN8O2/c27-18-11-12-23(35-16-29-33-34-35)17(14-18)10-13-25(37)31-21-8-2-1-3-9-24(36)30-20-7-5-4-6-19(20)22-15-28-26(21)32-22/h1-2,4-7,10-16,21H,3,8-9H2,(H,28,32)(H,30,36)(H,31,37). The topological polar surface area (TPSA) is 130 Å². The van der Waals surface area contributed by atoms with Gasteiger partial charge in [0.05, 0.1) is 29.3 Å². The highest BCUT2D eigenvalue weighted by molar-refractivity contribution is 6.30. The Morgan fingerprint density at radius 2 is 2.08 bits per heavy atom. The molecule has 37 heavy (non-hydrogen) atoms. The number of aromatic amines is 1. The van der Waals surface area contributed by atoms with Crippen LogP contribution in [0.3, 0.4) is 0 Å². The molecular formula is C26H23ClN8O2. The minimum atomic E-state index is -0.405. The molecule has 2 aromatic heterocycles. The van der Waals surface area contributed by atoms with E-state index in [0.29, 0.717) is 47.0 Å². The van der Waals surface area contributed by atoms with E-state index in [0.717, 1.165) is 11.3 Å². The number of nitrogens with one attached hydrogen (secondary N) is 3. The first-order chi connectivity index (χ1) is 18.1. The Bertz CT molecular complexity index is 1480. The van der Waals surface area contributed by atoms with Crippen molar-refractivity contribution in [3.05, 3.63) is 89.6 Å². The second kappa shape index (κ2) is 11.0. The molecule has 2 bridgehead atoms. The van der Waals surface area contributed by atoms with Gasteiger partial charge in [-0.3, -0.25) is 9.59 Å². The zero-order valence-electron chi connectivity index (χ0n) is 19.6. The van der Waals surface area contributed by atoms with Crippen molar-refractivity contribution in [2.24, 2.45) is 0 Å². The van der Waals surface area contributed by atoms with Crippen molar-refractivity contribution in [2.45, 2.75) is 25.3 Å². The van der Waals surface area contributed by atoms with Gasteiger partial charge in [0.2, 0.25) is 11.8 Å². The molecular weight excluding hydrogens is 492 g/mol. The monoisotopic (exact) mass is 514 g/mol. The molecule has 0 saturated heterocycles. The molecule has 11 heteroatoms. The SMILES string of the molecule is O=C(C=Cc1cc(Cl)ccc1-n1cnnn1)NC1CC=CCCC(=O)Nc2ccccc2-c2cnc1[nH]2. The van der Waals surface area contributed by atoms with Crippen LogP contribution in [0.2, 0.25) is 5.02 Å². The minimum Gasteiger partial charge on any atom is -0.342 e. The van der Waals surface area contributed by atoms with Crippen molar-refractivity contribution in [3.8, 4) is 16.9 Å². The maximum atomic E-state index is 13.0. The second-order valence-electron chi connectivity index (χ2n) is 8.37. The molecule has 0 fully saturated rings. The average molecular weight is 515 g/mol. The highest BCUT2D eigenvalue weighted by atomic mass is 35.5. The van der Waals surface area contributed by atoms with E-state index < -0.39 is 6.04 Å². The van der Waals surface area contributed by atoms with Gasteiger partial charge in [0.25, 0.3) is 0 Å². The molecule has 1 atom stereocenters. The lowest BCUT2D eigenvalue weighted by Gasteiger charge is -2.14. The van der Waals surface area contributed by atoms with Gasteiger partial charge in [-0.05, 0) is 53.6 Å². The highest BCUT2D eigenvalue weighted by Crippen LogP contribution is 2.28. The van der Waals surface area contributed by atoms with Gasteiger partial charge >= 0.3 is 0 Å². The number of halogens is 1. The number of H-pyrrole nitrogens is 1. The predicted octanol–water partition coefficient (Wildman–Crippen LogP) is 4.26. The van der Waals surface area contributed by atoms with Crippen LogP contribution < -0.4 is 10.6 Å². The van der Waals surface area contributed by atoms with E-state index in [1.807, 2.05) is 36.4 Å². The lowest BCUT2D eigenvalue weighted by Crippen LogP contribution is -2.27. The van der Waals surface area contributed by atoms with Gasteiger partial charge in [-0.2, -0.15) is 4.68 Å². The van der Waals surface area contributed by atoms with E-state index in [9.17, 15) is 9.59 Å². The van der Waals surface area contributed by atoms with E-state index in [2.05, 4.69) is 36.1 Å². The van der Waals surface area contributed by atoms with Crippen molar-refractivity contribution < 1.29 is 9.59 Å². The van der Waals surface area contributed by atoms with Crippen molar-refractivity contribution in [3.63, 3.8) is 0 Å². The van der Waals surface area contributed by atoms with Gasteiger partial charge in [0, 0.05) is 28.6 Å². The van der Waals surface area contributed by atoms with Crippen molar-refractivity contribution >= 4 is 35.2 Å². The van der Waals surface area contributed by atoms with Crippen LogP contribution >= 0.6 is 11.6 Å². The number of imidazole rings is 1. The van der Waals surface area contributed by atoms with Crippen LogP contribution in [0.4, 0.5) is 5.69 Å². The molecule has 0 saturated carbocycles. The van der Waals surface area contributed by atoms with Crippen LogP contribution in [0.25, 0.3) is 23.0 Å². The molecule has 2 amide bonds. The summed E-state index contributed by atoms with van der Waals surface area (Å²) in [6.45, 7) is 0. The number of hydrogen-bond donors (Lipinski definition) is 3. The molecule has 1 unspecified atom stereocenters. The largest absolute Gasteiger partial charge is 0.342 e. The Balaban J connectivity index is 1.39. The third kappa shape index (κ3) is 5.81. The number of carbonyl (C=O) groups is 2. The molecule has 4 aromatic rings. The third-order valence-electron chi connectivity index (χ3n) is 5.81. The summed E-state index contributed by atoms with van der Waals surface area (Å²) in [7, 11) is 0. The number of para-hydroxylation sites is 1. The van der Waals surface area contributed by atoms with E-state index in [1.54, 1.807) is 30.5 Å². The normalized spacial score (nSPS) is 15.8. The fourth-order valence-electron chi connectivity index (χ4n) is 4.02. The quantitative estimate of drug-likeness (QED) is 0.275. The second-order valence-corrected chi connectivity index (χ2v) is 8.81. The summed E-state index contributed by atoms with van der Waals surface area (Å²) in [5.74, 6) is 0.243. The summed E-state index contributed by atoms with van der Waals surface area (Å²) in [5.41, 5.74) is 3.63. The first-order valence-corrected chi connectivity index (χ1v) is 12.1. The van der Waals surface area contributed by atoms with E-state index >= 15 is 0 Å². The van der Waals surface area contributed by atoms with Crippen LogP contribution in [0.15, 0.2) is 73.2 Å². The predicted molar refractivity (Wildman–Crippen MR) is 140 cm³/mol. The van der Waals surface area contributed by atoms with Crippen molar-refractivity contribution in [1.29, 1.82) is 0 Å². The number of rotatable bonds is 4. The van der Waals surface area contributed by atoms with Crippen molar-refractivity contribution in [1.82, 2.24) is 35.5 Å². The van der Waals surface area contributed by atoms with Gasteiger partial charge in [-0.25, -0.2) is 4.98 Å². The number of aromatic nitrogens is 6. The first kappa shape index (κ1) is 24.1. The molecule has 10 nitrogen and oxygen atoms in total. The zero-order chi connectivity index (χ0) is 25.6. The summed E-state index contributed by atoms with van der Waals surface area (Å²) in [6.07, 6.45) is 11.6. The number of amides is 2. The Hall–Kier alpha value is -4.57. The maximum absolute atomic E-state index is 13.0. The molecule has 1 aliphatic rings. The number of hydrogen-bond acceptors (Lipinski definition) is 6. The molecule has 0 spiro atoms. The van der Waals surface area contributed by atoms with Gasteiger partial charge in [-0.15, -0.1) is 5.10 Å². The number of nitrogens with zero attached hydrogens (tertiary/aromatic N) is 5. The number of carbonyl (C=O) groups excluding carboxylic acids is 2. The molecule has 0 aliphatic carbocycles. The lowest BCUT2D eigenvalue weighted by molar-refractivity contribution is -0.117. The molecule has 1 aliphatic heterocycles. The Morgan fingerprint density at radius 3 is 2.95 bits per heavy atom. The smallest absolute Gasteiger partial charge is 0.244 e. The van der Waals surface area contributed by atoms with Gasteiger partial charge in [-0.1, -0.05) is 42.0 Å². The van der Waals surface area contributed by atoms with Crippen LogP contribution in [-0.4, -0.2) is 42.0 Å². The summed E-state index contributed by atoms with van der Waals surface area (Å²) >= 11 is 6.18. The van der Waals surface area contributed by atoms with E-state index in [4.69, 9.17) is 11.6 Å². The number of tetrazole rings is 1. The third-order valence-corrected chi connectivity index (χ3v) is 6.04. The summed E-state index contributed by atoms with van der Waals surface area (Å²) < 4.78 is 1.50. The molecule has 186 valence electrons. The minimum absolute atomic E-state index is 0.0619. The van der Waals surface area contributed by atoms with Crippen molar-refractivity contribution in [2.75, 3.05) is 5.32 Å². The summed E-state index contributed by atoms with van der Waals surface area (Å²) in [6, 6.07) is 12.4. The van der Waals surface area contributed by atoms with E-state index in [-0.39, 0.29) is 11.8 Å². The van der Waals surface area contributed by atoms with Crippen LogP contribution in [0, 0.1) is 0 Å². The molecule has 3 N–H and O–H groups in total. The zero-order valence-corrected chi connectivity index (χ0v) is 20.4. The fraction of sp³-hybridized carbons (Fsp3) is 0.154. The van der Waals surface area contributed by atoms with Gasteiger partial charge in [0.15, 0.2) is 0 Å². The highest BCUT2D eigenvalue weighted by Gasteiger charge is 2.18. The van der Waals surface area contributed by atoms with Crippen LogP contribution in [0.1, 0.15) is 36.7 Å². The number of anilines is 1. The molecule has 3 heterocycles.